The van der Waals surface area contributed by atoms with Crippen LogP contribution in [0.5, 0.6) is 11.5 Å². The minimum atomic E-state index is -0.293. The molecule has 0 aliphatic rings. The monoisotopic (exact) mass is 279 g/mol. The Labute approximate surface area is 117 Å². The molecule has 1 unspecified atom stereocenters. The van der Waals surface area contributed by atoms with Gasteiger partial charge in [-0.1, -0.05) is 18.5 Å². The van der Waals surface area contributed by atoms with E-state index in [4.69, 9.17) is 22.1 Å². The minimum Gasteiger partial charge on any atom is -0.457 e. The van der Waals surface area contributed by atoms with Crippen molar-refractivity contribution in [1.82, 2.24) is 0 Å². The zero-order valence-corrected chi connectivity index (χ0v) is 11.3. The fourth-order valence-electron chi connectivity index (χ4n) is 1.75. The third-order valence-electron chi connectivity index (χ3n) is 2.90. The first-order chi connectivity index (χ1) is 9.10. The molecule has 0 amide bonds. The Morgan fingerprint density at radius 3 is 2.53 bits per heavy atom. The van der Waals surface area contributed by atoms with E-state index in [9.17, 15) is 4.39 Å². The quantitative estimate of drug-likeness (QED) is 0.904. The molecule has 0 bridgehead atoms. The van der Waals surface area contributed by atoms with Crippen LogP contribution in [-0.4, -0.2) is 6.54 Å². The Morgan fingerprint density at radius 2 is 1.89 bits per heavy atom. The molecule has 2 aromatic carbocycles. The van der Waals surface area contributed by atoms with E-state index in [1.54, 1.807) is 30.3 Å². The van der Waals surface area contributed by atoms with Gasteiger partial charge in [0.15, 0.2) is 0 Å². The summed E-state index contributed by atoms with van der Waals surface area (Å²) in [7, 11) is 0. The molecule has 19 heavy (non-hydrogen) atoms. The lowest BCUT2D eigenvalue weighted by atomic mass is 10.0. The highest BCUT2D eigenvalue weighted by Gasteiger charge is 2.12. The highest BCUT2D eigenvalue weighted by molar-refractivity contribution is 6.30. The SMILES string of the molecule is CC(CN)c1cc(F)ccc1Oc1ccc(Cl)cc1. The average Bonchev–Trinajstić information content (AvgIpc) is 2.42. The van der Waals surface area contributed by atoms with Gasteiger partial charge in [-0.2, -0.15) is 0 Å². The van der Waals surface area contributed by atoms with Gasteiger partial charge in [0, 0.05) is 10.6 Å². The molecule has 100 valence electrons. The summed E-state index contributed by atoms with van der Waals surface area (Å²) in [4.78, 5) is 0. The van der Waals surface area contributed by atoms with Gasteiger partial charge in [0.25, 0.3) is 0 Å². The molecule has 0 spiro atoms. The lowest BCUT2D eigenvalue weighted by Gasteiger charge is -2.15. The van der Waals surface area contributed by atoms with Crippen molar-refractivity contribution in [3.63, 3.8) is 0 Å². The molecule has 0 radical (unpaired) electrons. The first-order valence-corrected chi connectivity index (χ1v) is 6.41. The molecule has 4 heteroatoms. The Kier molecular flexibility index (Phi) is 4.40. The molecule has 2 nitrogen and oxygen atoms in total. The second-order valence-corrected chi connectivity index (χ2v) is 4.81. The number of rotatable bonds is 4. The van der Waals surface area contributed by atoms with Crippen molar-refractivity contribution in [2.45, 2.75) is 12.8 Å². The van der Waals surface area contributed by atoms with E-state index >= 15 is 0 Å². The zero-order valence-electron chi connectivity index (χ0n) is 10.6. The zero-order chi connectivity index (χ0) is 13.8. The number of hydrogen-bond donors (Lipinski definition) is 1. The van der Waals surface area contributed by atoms with Crippen LogP contribution in [0.1, 0.15) is 18.4 Å². The molecule has 0 aliphatic carbocycles. The first kappa shape index (κ1) is 13.8. The van der Waals surface area contributed by atoms with Gasteiger partial charge in [0.1, 0.15) is 17.3 Å². The van der Waals surface area contributed by atoms with Crippen LogP contribution in [0.2, 0.25) is 5.02 Å². The van der Waals surface area contributed by atoms with E-state index in [2.05, 4.69) is 0 Å². The lowest BCUT2D eigenvalue weighted by Crippen LogP contribution is -2.10. The molecule has 2 rings (SSSR count). The molecule has 0 fully saturated rings. The van der Waals surface area contributed by atoms with Crippen molar-refractivity contribution >= 4 is 11.6 Å². The summed E-state index contributed by atoms with van der Waals surface area (Å²) in [5.41, 5.74) is 6.40. The van der Waals surface area contributed by atoms with Gasteiger partial charge in [0.05, 0.1) is 0 Å². The van der Waals surface area contributed by atoms with Crippen molar-refractivity contribution in [2.24, 2.45) is 5.73 Å². The number of halogens is 2. The Bertz CT molecular complexity index is 557. The first-order valence-electron chi connectivity index (χ1n) is 6.03. The number of nitrogens with two attached hydrogens (primary N) is 1. The molecule has 2 N–H and O–H groups in total. The third-order valence-corrected chi connectivity index (χ3v) is 3.15. The fourth-order valence-corrected chi connectivity index (χ4v) is 1.88. The molecular weight excluding hydrogens is 265 g/mol. The number of hydrogen-bond acceptors (Lipinski definition) is 2. The van der Waals surface area contributed by atoms with Crippen molar-refractivity contribution in [1.29, 1.82) is 0 Å². The number of benzene rings is 2. The van der Waals surface area contributed by atoms with Crippen LogP contribution in [-0.2, 0) is 0 Å². The van der Waals surface area contributed by atoms with Crippen LogP contribution in [0.4, 0.5) is 4.39 Å². The second kappa shape index (κ2) is 6.04. The molecule has 1 atom stereocenters. The van der Waals surface area contributed by atoms with E-state index in [1.165, 1.54) is 12.1 Å². The van der Waals surface area contributed by atoms with Gasteiger partial charge in [-0.05, 0) is 54.9 Å². The summed E-state index contributed by atoms with van der Waals surface area (Å²) in [5.74, 6) is 1.000. The predicted octanol–water partition coefficient (Wildman–Crippen LogP) is 4.33. The van der Waals surface area contributed by atoms with E-state index in [-0.39, 0.29) is 11.7 Å². The summed E-state index contributed by atoms with van der Waals surface area (Å²) >= 11 is 5.82. The smallest absolute Gasteiger partial charge is 0.131 e. The van der Waals surface area contributed by atoms with Gasteiger partial charge in [-0.25, -0.2) is 4.39 Å². The maximum atomic E-state index is 13.3. The molecule has 0 heterocycles. The topological polar surface area (TPSA) is 35.2 Å². The van der Waals surface area contributed by atoms with Gasteiger partial charge in [-0.3, -0.25) is 0 Å². The van der Waals surface area contributed by atoms with Gasteiger partial charge < -0.3 is 10.5 Å². The fraction of sp³-hybridized carbons (Fsp3) is 0.200. The van der Waals surface area contributed by atoms with Crippen LogP contribution in [0.15, 0.2) is 42.5 Å². The standard InChI is InChI=1S/C15H15ClFNO/c1-10(9-18)14-8-12(17)4-7-15(14)19-13-5-2-11(16)3-6-13/h2-8,10H,9,18H2,1H3. The van der Waals surface area contributed by atoms with Crippen molar-refractivity contribution < 1.29 is 9.13 Å². The van der Waals surface area contributed by atoms with Crippen LogP contribution in [0.25, 0.3) is 0 Å². The van der Waals surface area contributed by atoms with Gasteiger partial charge in [-0.15, -0.1) is 0 Å². The lowest BCUT2D eigenvalue weighted by molar-refractivity contribution is 0.469. The number of ether oxygens (including phenoxy) is 1. The molecule has 0 aliphatic heterocycles. The summed E-state index contributed by atoms with van der Waals surface area (Å²) in [6, 6.07) is 11.5. The van der Waals surface area contributed by atoms with Crippen molar-refractivity contribution in [3.05, 3.63) is 58.9 Å². The largest absolute Gasteiger partial charge is 0.457 e. The van der Waals surface area contributed by atoms with Crippen LogP contribution >= 0.6 is 11.6 Å². The van der Waals surface area contributed by atoms with E-state index < -0.39 is 0 Å². The molecule has 0 aromatic heterocycles. The minimum absolute atomic E-state index is 0.0259. The van der Waals surface area contributed by atoms with Crippen LogP contribution in [0.3, 0.4) is 0 Å². The maximum Gasteiger partial charge on any atom is 0.131 e. The van der Waals surface area contributed by atoms with Crippen LogP contribution < -0.4 is 10.5 Å². The summed E-state index contributed by atoms with van der Waals surface area (Å²) in [6.45, 7) is 2.37. The van der Waals surface area contributed by atoms with Gasteiger partial charge in [0.2, 0.25) is 0 Å². The molecule has 0 saturated heterocycles. The summed E-state index contributed by atoms with van der Waals surface area (Å²) in [5, 5.41) is 0.641. The van der Waals surface area contributed by atoms with Gasteiger partial charge >= 0.3 is 0 Å². The predicted molar refractivity (Wildman–Crippen MR) is 75.4 cm³/mol. The molecule has 0 saturated carbocycles. The highest BCUT2D eigenvalue weighted by Crippen LogP contribution is 2.31. The van der Waals surface area contributed by atoms with Crippen molar-refractivity contribution in [3.8, 4) is 11.5 Å². The Hall–Kier alpha value is -1.58. The van der Waals surface area contributed by atoms with E-state index in [0.717, 1.165) is 5.56 Å². The average molecular weight is 280 g/mol. The van der Waals surface area contributed by atoms with E-state index in [0.29, 0.717) is 23.1 Å². The Morgan fingerprint density at radius 1 is 1.21 bits per heavy atom. The third kappa shape index (κ3) is 3.46. The van der Waals surface area contributed by atoms with Crippen LogP contribution in [0, 0.1) is 5.82 Å². The Balaban J connectivity index is 2.31. The van der Waals surface area contributed by atoms with E-state index in [1.807, 2.05) is 6.92 Å². The normalized spacial score (nSPS) is 12.2. The molecular formula is C15H15ClFNO. The maximum absolute atomic E-state index is 13.3. The second-order valence-electron chi connectivity index (χ2n) is 4.37. The highest BCUT2D eigenvalue weighted by atomic mass is 35.5. The summed E-state index contributed by atoms with van der Waals surface area (Å²) in [6.07, 6.45) is 0. The summed E-state index contributed by atoms with van der Waals surface area (Å²) < 4.78 is 19.1. The molecule has 2 aromatic rings. The van der Waals surface area contributed by atoms with Crippen molar-refractivity contribution in [2.75, 3.05) is 6.54 Å².